The van der Waals surface area contributed by atoms with Gasteiger partial charge < -0.3 is 15.0 Å². The first kappa shape index (κ1) is 12.4. The van der Waals surface area contributed by atoms with Crippen molar-refractivity contribution in [3.8, 4) is 5.75 Å². The van der Waals surface area contributed by atoms with Gasteiger partial charge in [0.1, 0.15) is 5.75 Å². The van der Waals surface area contributed by atoms with Crippen molar-refractivity contribution in [3.05, 3.63) is 29.8 Å². The summed E-state index contributed by atoms with van der Waals surface area (Å²) in [5.41, 5.74) is 1.39. The highest BCUT2D eigenvalue weighted by atomic mass is 16.5. The third kappa shape index (κ3) is 2.99. The van der Waals surface area contributed by atoms with Crippen LogP contribution in [-0.2, 0) is 0 Å². The van der Waals surface area contributed by atoms with Gasteiger partial charge in [-0.3, -0.25) is 0 Å². The van der Waals surface area contributed by atoms with E-state index in [0.717, 1.165) is 18.8 Å². The summed E-state index contributed by atoms with van der Waals surface area (Å²) >= 11 is 0. The fourth-order valence-electron chi connectivity index (χ4n) is 2.67. The van der Waals surface area contributed by atoms with Crippen molar-refractivity contribution in [2.75, 3.05) is 34.3 Å². The number of likely N-dealkylation sites (N-methyl/N-ethyl adjacent to an activating group) is 2. The molecule has 2 atom stereocenters. The Morgan fingerprint density at radius 1 is 1.35 bits per heavy atom. The lowest BCUT2D eigenvalue weighted by Crippen LogP contribution is -2.45. The lowest BCUT2D eigenvalue weighted by Gasteiger charge is -2.35. The topological polar surface area (TPSA) is 24.5 Å². The Morgan fingerprint density at radius 2 is 2.18 bits per heavy atom. The Hall–Kier alpha value is -1.06. The summed E-state index contributed by atoms with van der Waals surface area (Å²) in [7, 11) is 5.96. The number of ether oxygens (including phenoxy) is 1. The number of nitrogens with one attached hydrogen (secondary N) is 1. The van der Waals surface area contributed by atoms with Crippen LogP contribution >= 0.6 is 0 Å². The van der Waals surface area contributed by atoms with Crippen molar-refractivity contribution in [1.82, 2.24) is 10.2 Å². The largest absolute Gasteiger partial charge is 0.497 e. The van der Waals surface area contributed by atoms with Crippen LogP contribution < -0.4 is 10.1 Å². The highest BCUT2D eigenvalue weighted by Crippen LogP contribution is 2.28. The van der Waals surface area contributed by atoms with Crippen molar-refractivity contribution < 1.29 is 4.74 Å². The predicted molar refractivity (Wildman–Crippen MR) is 70.7 cm³/mol. The number of hydrogen-bond donors (Lipinski definition) is 1. The van der Waals surface area contributed by atoms with Crippen LogP contribution in [-0.4, -0.2) is 45.2 Å². The maximum Gasteiger partial charge on any atom is 0.119 e. The molecule has 2 unspecified atom stereocenters. The molecule has 0 aliphatic carbocycles. The van der Waals surface area contributed by atoms with Gasteiger partial charge in [-0.2, -0.15) is 0 Å². The predicted octanol–water partition coefficient (Wildman–Crippen LogP) is 1.70. The second-order valence-corrected chi connectivity index (χ2v) is 4.92. The third-order valence-corrected chi connectivity index (χ3v) is 3.61. The van der Waals surface area contributed by atoms with E-state index in [1.54, 1.807) is 7.11 Å². The van der Waals surface area contributed by atoms with E-state index in [9.17, 15) is 0 Å². The Kier molecular flexibility index (Phi) is 4.02. The summed E-state index contributed by atoms with van der Waals surface area (Å²) < 4.78 is 5.30. The van der Waals surface area contributed by atoms with E-state index in [-0.39, 0.29) is 0 Å². The zero-order chi connectivity index (χ0) is 12.3. The average molecular weight is 234 g/mol. The summed E-state index contributed by atoms with van der Waals surface area (Å²) in [4.78, 5) is 2.40. The summed E-state index contributed by atoms with van der Waals surface area (Å²) in [6.07, 6.45) is 1.20. The molecule has 3 heteroatoms. The van der Waals surface area contributed by atoms with Gasteiger partial charge in [-0.25, -0.2) is 0 Å². The monoisotopic (exact) mass is 234 g/mol. The number of piperidine rings is 1. The molecule has 94 valence electrons. The van der Waals surface area contributed by atoms with Gasteiger partial charge in [0.15, 0.2) is 0 Å². The molecule has 0 spiro atoms. The minimum atomic E-state index is 0.588. The lowest BCUT2D eigenvalue weighted by molar-refractivity contribution is 0.210. The maximum absolute atomic E-state index is 5.30. The van der Waals surface area contributed by atoms with Crippen molar-refractivity contribution in [2.45, 2.75) is 18.4 Å². The maximum atomic E-state index is 5.30. The number of hydrogen-bond acceptors (Lipinski definition) is 3. The first-order valence-corrected chi connectivity index (χ1v) is 6.22. The molecule has 0 aromatic heterocycles. The van der Waals surface area contributed by atoms with Gasteiger partial charge >= 0.3 is 0 Å². The minimum Gasteiger partial charge on any atom is -0.497 e. The normalized spacial score (nSPS) is 25.8. The molecule has 0 radical (unpaired) electrons. The summed E-state index contributed by atoms with van der Waals surface area (Å²) in [5.74, 6) is 1.55. The molecule has 1 saturated heterocycles. The van der Waals surface area contributed by atoms with Gasteiger partial charge in [0.25, 0.3) is 0 Å². The number of methoxy groups -OCH3 is 1. The highest BCUT2D eigenvalue weighted by Gasteiger charge is 2.25. The van der Waals surface area contributed by atoms with E-state index < -0.39 is 0 Å². The SMILES string of the molecule is CNC1CC(c2cccc(OC)c2)CN(C)C1. The van der Waals surface area contributed by atoms with Crippen molar-refractivity contribution >= 4 is 0 Å². The van der Waals surface area contributed by atoms with Crippen LogP contribution in [0.15, 0.2) is 24.3 Å². The quantitative estimate of drug-likeness (QED) is 0.861. The van der Waals surface area contributed by atoms with Gasteiger partial charge in [0, 0.05) is 19.1 Å². The van der Waals surface area contributed by atoms with Gasteiger partial charge in [0.2, 0.25) is 0 Å². The molecular formula is C14H22N2O. The van der Waals surface area contributed by atoms with Crippen LogP contribution in [0.25, 0.3) is 0 Å². The van der Waals surface area contributed by atoms with E-state index in [0.29, 0.717) is 12.0 Å². The van der Waals surface area contributed by atoms with E-state index >= 15 is 0 Å². The molecule has 0 amide bonds. The first-order valence-electron chi connectivity index (χ1n) is 6.22. The van der Waals surface area contributed by atoms with Crippen LogP contribution in [0.1, 0.15) is 17.9 Å². The summed E-state index contributed by atoms with van der Waals surface area (Å²) in [6.45, 7) is 2.27. The van der Waals surface area contributed by atoms with E-state index in [2.05, 4.69) is 35.5 Å². The van der Waals surface area contributed by atoms with E-state index in [1.165, 1.54) is 12.0 Å². The fourth-order valence-corrected chi connectivity index (χ4v) is 2.67. The average Bonchev–Trinajstić information content (AvgIpc) is 2.38. The van der Waals surface area contributed by atoms with Gasteiger partial charge in [-0.15, -0.1) is 0 Å². The molecule has 1 heterocycles. The molecule has 1 N–H and O–H groups in total. The molecule has 1 fully saturated rings. The molecule has 3 nitrogen and oxygen atoms in total. The Morgan fingerprint density at radius 3 is 2.88 bits per heavy atom. The van der Waals surface area contributed by atoms with Gasteiger partial charge in [-0.1, -0.05) is 12.1 Å². The van der Waals surface area contributed by atoms with Crippen LogP contribution in [0.5, 0.6) is 5.75 Å². The van der Waals surface area contributed by atoms with E-state index in [4.69, 9.17) is 4.74 Å². The number of likely N-dealkylation sites (tertiary alicyclic amines) is 1. The van der Waals surface area contributed by atoms with Crippen LogP contribution in [0.3, 0.4) is 0 Å². The smallest absolute Gasteiger partial charge is 0.119 e. The van der Waals surface area contributed by atoms with Crippen LogP contribution in [0, 0.1) is 0 Å². The Labute approximate surface area is 104 Å². The second kappa shape index (κ2) is 5.52. The van der Waals surface area contributed by atoms with Crippen molar-refractivity contribution in [1.29, 1.82) is 0 Å². The second-order valence-electron chi connectivity index (χ2n) is 4.92. The number of benzene rings is 1. The lowest BCUT2D eigenvalue weighted by atomic mass is 9.88. The van der Waals surface area contributed by atoms with Crippen LogP contribution in [0.2, 0.25) is 0 Å². The molecule has 2 rings (SSSR count). The number of nitrogens with zero attached hydrogens (tertiary/aromatic N) is 1. The van der Waals surface area contributed by atoms with Crippen molar-refractivity contribution in [3.63, 3.8) is 0 Å². The standard InChI is InChI=1S/C14H22N2O/c1-15-13-7-12(9-16(2)10-13)11-5-4-6-14(8-11)17-3/h4-6,8,12-13,15H,7,9-10H2,1-3H3. The molecule has 0 bridgehead atoms. The molecule has 1 aliphatic rings. The Balaban J connectivity index is 2.14. The molecule has 1 aliphatic heterocycles. The van der Waals surface area contributed by atoms with Crippen molar-refractivity contribution in [2.24, 2.45) is 0 Å². The molecule has 1 aromatic rings. The first-order chi connectivity index (χ1) is 8.22. The zero-order valence-corrected chi connectivity index (χ0v) is 10.9. The molecule has 0 saturated carbocycles. The number of rotatable bonds is 3. The van der Waals surface area contributed by atoms with Gasteiger partial charge in [0.05, 0.1) is 7.11 Å². The minimum absolute atomic E-state index is 0.588. The molecular weight excluding hydrogens is 212 g/mol. The van der Waals surface area contributed by atoms with E-state index in [1.807, 2.05) is 13.1 Å². The fraction of sp³-hybridized carbons (Fsp3) is 0.571. The summed E-state index contributed by atoms with van der Waals surface area (Å²) in [5, 5.41) is 3.39. The molecule has 1 aromatic carbocycles. The summed E-state index contributed by atoms with van der Waals surface area (Å²) in [6, 6.07) is 9.04. The molecule has 17 heavy (non-hydrogen) atoms. The van der Waals surface area contributed by atoms with Gasteiger partial charge in [-0.05, 0) is 44.1 Å². The third-order valence-electron chi connectivity index (χ3n) is 3.61. The highest BCUT2D eigenvalue weighted by molar-refractivity contribution is 5.31. The zero-order valence-electron chi connectivity index (χ0n) is 10.9. The Bertz CT molecular complexity index is 367. The van der Waals surface area contributed by atoms with Crippen LogP contribution in [0.4, 0.5) is 0 Å².